The number of carbonyl (C=O) groups is 1. The monoisotopic (exact) mass is 402 g/mol. The molecule has 1 unspecified atom stereocenters. The van der Waals surface area contributed by atoms with Crippen LogP contribution < -0.4 is 15.2 Å². The van der Waals surface area contributed by atoms with Gasteiger partial charge in [-0.15, -0.1) is 12.4 Å². The van der Waals surface area contributed by atoms with Crippen LogP contribution in [0.15, 0.2) is 48.5 Å². The van der Waals surface area contributed by atoms with Crippen LogP contribution in [0.5, 0.6) is 11.5 Å². The van der Waals surface area contributed by atoms with Crippen LogP contribution in [0.3, 0.4) is 0 Å². The zero-order valence-corrected chi connectivity index (χ0v) is 16.9. The second kappa shape index (κ2) is 8.84. The van der Waals surface area contributed by atoms with Gasteiger partial charge in [-0.25, -0.2) is 0 Å². The van der Waals surface area contributed by atoms with E-state index in [9.17, 15) is 4.79 Å². The number of ether oxygens (including phenoxy) is 2. The van der Waals surface area contributed by atoms with E-state index in [1.54, 1.807) is 7.11 Å². The van der Waals surface area contributed by atoms with Gasteiger partial charge < -0.3 is 20.1 Å². The number of nitrogens with two attached hydrogens (primary N) is 1. The zero-order chi connectivity index (χ0) is 18.8. The smallest absolute Gasteiger partial charge is 0.229 e. The molecule has 0 bridgehead atoms. The standard InChI is InChI=1S/C22H26N2O3.ClH/c1-26-19-7-8-21-16(10-19)9-17(14-27-21)22(25)24-12-18(11-23)20(13-24)15-5-3-2-4-6-15;/h2-8,10,17-18,20H,9,11-14,23H2,1H3;1H/t17?,18-,20+;/m1./s1. The minimum Gasteiger partial charge on any atom is -0.497 e. The van der Waals surface area contributed by atoms with Crippen molar-refractivity contribution in [3.05, 3.63) is 59.7 Å². The summed E-state index contributed by atoms with van der Waals surface area (Å²) in [6.07, 6.45) is 0.686. The summed E-state index contributed by atoms with van der Waals surface area (Å²) in [6, 6.07) is 16.1. The number of amides is 1. The summed E-state index contributed by atoms with van der Waals surface area (Å²) in [6.45, 7) is 2.46. The van der Waals surface area contributed by atoms with Gasteiger partial charge in [0.25, 0.3) is 0 Å². The van der Waals surface area contributed by atoms with Crippen molar-refractivity contribution in [3.8, 4) is 11.5 Å². The highest BCUT2D eigenvalue weighted by molar-refractivity contribution is 5.85. The van der Waals surface area contributed by atoms with Crippen molar-refractivity contribution in [2.24, 2.45) is 17.6 Å². The van der Waals surface area contributed by atoms with Crippen molar-refractivity contribution in [1.82, 2.24) is 4.90 Å². The summed E-state index contributed by atoms with van der Waals surface area (Å²) in [5.74, 6) is 2.26. The summed E-state index contributed by atoms with van der Waals surface area (Å²) in [7, 11) is 1.65. The molecule has 0 aromatic heterocycles. The molecule has 0 spiro atoms. The number of halogens is 1. The molecular weight excluding hydrogens is 376 g/mol. The number of rotatable bonds is 4. The molecule has 28 heavy (non-hydrogen) atoms. The number of likely N-dealkylation sites (tertiary alicyclic amines) is 1. The first-order valence-electron chi connectivity index (χ1n) is 9.53. The topological polar surface area (TPSA) is 64.8 Å². The minimum absolute atomic E-state index is 0. The summed E-state index contributed by atoms with van der Waals surface area (Å²) < 4.78 is 11.2. The van der Waals surface area contributed by atoms with Gasteiger partial charge in [0.15, 0.2) is 0 Å². The first-order chi connectivity index (χ1) is 13.2. The lowest BCUT2D eigenvalue weighted by Gasteiger charge is -2.28. The lowest BCUT2D eigenvalue weighted by molar-refractivity contribution is -0.136. The van der Waals surface area contributed by atoms with Gasteiger partial charge >= 0.3 is 0 Å². The number of benzene rings is 2. The first kappa shape index (κ1) is 20.5. The molecule has 1 amide bonds. The van der Waals surface area contributed by atoms with E-state index in [0.29, 0.717) is 31.4 Å². The third kappa shape index (κ3) is 3.96. The predicted molar refractivity (Wildman–Crippen MR) is 111 cm³/mol. The molecule has 0 aliphatic carbocycles. The zero-order valence-electron chi connectivity index (χ0n) is 16.0. The highest BCUT2D eigenvalue weighted by atomic mass is 35.5. The molecule has 1 saturated heterocycles. The van der Waals surface area contributed by atoms with E-state index in [0.717, 1.165) is 30.2 Å². The fraction of sp³-hybridized carbons (Fsp3) is 0.409. The molecule has 4 rings (SSSR count). The van der Waals surface area contributed by atoms with Crippen molar-refractivity contribution < 1.29 is 14.3 Å². The highest BCUT2D eigenvalue weighted by Gasteiger charge is 2.38. The average molecular weight is 403 g/mol. The van der Waals surface area contributed by atoms with Crippen molar-refractivity contribution in [1.29, 1.82) is 0 Å². The average Bonchev–Trinajstić information content (AvgIpc) is 3.17. The molecule has 2 aromatic rings. The number of hydrogen-bond acceptors (Lipinski definition) is 4. The molecule has 2 N–H and O–H groups in total. The van der Waals surface area contributed by atoms with Gasteiger partial charge in [0.1, 0.15) is 18.1 Å². The van der Waals surface area contributed by atoms with Gasteiger partial charge in [0.2, 0.25) is 5.91 Å². The molecule has 2 heterocycles. The van der Waals surface area contributed by atoms with Crippen molar-refractivity contribution in [2.75, 3.05) is 33.4 Å². The van der Waals surface area contributed by atoms with Crippen LogP contribution in [0.2, 0.25) is 0 Å². The predicted octanol–water partition coefficient (Wildman–Crippen LogP) is 2.87. The normalized spacial score (nSPS) is 23.4. The van der Waals surface area contributed by atoms with Crippen molar-refractivity contribution >= 4 is 18.3 Å². The molecule has 0 radical (unpaired) electrons. The van der Waals surface area contributed by atoms with E-state index < -0.39 is 0 Å². The Bertz CT molecular complexity index is 815. The minimum atomic E-state index is -0.155. The number of methoxy groups -OCH3 is 1. The van der Waals surface area contributed by atoms with Gasteiger partial charge in [-0.1, -0.05) is 30.3 Å². The molecule has 2 aliphatic rings. The number of hydrogen-bond donors (Lipinski definition) is 1. The highest BCUT2D eigenvalue weighted by Crippen LogP contribution is 2.35. The van der Waals surface area contributed by atoms with Crippen LogP contribution >= 0.6 is 12.4 Å². The molecule has 0 saturated carbocycles. The van der Waals surface area contributed by atoms with Crippen molar-refractivity contribution in [2.45, 2.75) is 12.3 Å². The molecule has 1 fully saturated rings. The Labute approximate surface area is 172 Å². The summed E-state index contributed by atoms with van der Waals surface area (Å²) >= 11 is 0. The number of fused-ring (bicyclic) bond motifs is 1. The fourth-order valence-corrected chi connectivity index (χ4v) is 4.28. The van der Waals surface area contributed by atoms with Crippen LogP contribution in [0.25, 0.3) is 0 Å². The summed E-state index contributed by atoms with van der Waals surface area (Å²) in [5, 5.41) is 0. The maximum Gasteiger partial charge on any atom is 0.229 e. The Balaban J connectivity index is 0.00000225. The van der Waals surface area contributed by atoms with Crippen LogP contribution in [0.1, 0.15) is 17.0 Å². The maximum absolute atomic E-state index is 13.2. The van der Waals surface area contributed by atoms with E-state index in [-0.39, 0.29) is 24.2 Å². The largest absolute Gasteiger partial charge is 0.497 e. The number of carbonyl (C=O) groups excluding carboxylic acids is 1. The molecule has 5 nitrogen and oxygen atoms in total. The van der Waals surface area contributed by atoms with Crippen LogP contribution in [0, 0.1) is 11.8 Å². The third-order valence-corrected chi connectivity index (χ3v) is 5.81. The fourth-order valence-electron chi connectivity index (χ4n) is 4.28. The first-order valence-corrected chi connectivity index (χ1v) is 9.53. The summed E-state index contributed by atoms with van der Waals surface area (Å²) in [4.78, 5) is 15.2. The Hall–Kier alpha value is -2.24. The number of nitrogens with zero attached hydrogens (tertiary/aromatic N) is 1. The summed E-state index contributed by atoms with van der Waals surface area (Å²) in [5.41, 5.74) is 8.32. The van der Waals surface area contributed by atoms with E-state index >= 15 is 0 Å². The van der Waals surface area contributed by atoms with E-state index in [2.05, 4.69) is 12.1 Å². The van der Waals surface area contributed by atoms with Crippen LogP contribution in [0.4, 0.5) is 0 Å². The lowest BCUT2D eigenvalue weighted by atomic mass is 9.89. The Morgan fingerprint density at radius 1 is 1.21 bits per heavy atom. The van der Waals surface area contributed by atoms with Gasteiger partial charge in [-0.05, 0) is 48.2 Å². The second-order valence-corrected chi connectivity index (χ2v) is 7.44. The molecule has 2 aromatic carbocycles. The van der Waals surface area contributed by atoms with E-state index in [4.69, 9.17) is 15.2 Å². The Morgan fingerprint density at radius 2 is 2.00 bits per heavy atom. The SMILES string of the molecule is COc1ccc2c(c1)CC(C(=O)N1C[C@@H](CN)[C@H](c3ccccc3)C1)CO2.Cl. The van der Waals surface area contributed by atoms with E-state index in [1.807, 2.05) is 41.3 Å². The van der Waals surface area contributed by atoms with Gasteiger partial charge in [-0.2, -0.15) is 0 Å². The van der Waals surface area contributed by atoms with Gasteiger partial charge in [-0.3, -0.25) is 4.79 Å². The van der Waals surface area contributed by atoms with Gasteiger partial charge in [0.05, 0.1) is 13.0 Å². The Kier molecular flexibility index (Phi) is 6.47. The molecule has 6 heteroatoms. The molecule has 3 atom stereocenters. The maximum atomic E-state index is 13.2. The molecule has 150 valence electrons. The van der Waals surface area contributed by atoms with Crippen molar-refractivity contribution in [3.63, 3.8) is 0 Å². The van der Waals surface area contributed by atoms with E-state index in [1.165, 1.54) is 5.56 Å². The Morgan fingerprint density at radius 3 is 2.71 bits per heavy atom. The quantitative estimate of drug-likeness (QED) is 0.854. The third-order valence-electron chi connectivity index (χ3n) is 5.81. The molecule has 2 aliphatic heterocycles. The lowest BCUT2D eigenvalue weighted by Crippen LogP contribution is -2.40. The van der Waals surface area contributed by atoms with Crippen LogP contribution in [-0.2, 0) is 11.2 Å². The molecular formula is C22H27ClN2O3. The van der Waals surface area contributed by atoms with Gasteiger partial charge in [0, 0.05) is 19.0 Å². The second-order valence-electron chi connectivity index (χ2n) is 7.44. The van der Waals surface area contributed by atoms with Crippen LogP contribution in [-0.4, -0.2) is 44.2 Å².